The molecule has 1 saturated heterocycles. The molecule has 90 valence electrons. The van der Waals surface area contributed by atoms with E-state index in [1.165, 1.54) is 25.8 Å². The summed E-state index contributed by atoms with van der Waals surface area (Å²) < 4.78 is 5.51. The number of rotatable bonds is 4. The molecule has 16 heavy (non-hydrogen) atoms. The second-order valence-corrected chi connectivity index (χ2v) is 4.64. The van der Waals surface area contributed by atoms with E-state index in [0.29, 0.717) is 12.1 Å². The van der Waals surface area contributed by atoms with Crippen LogP contribution in [0.5, 0.6) is 0 Å². The van der Waals surface area contributed by atoms with Crippen molar-refractivity contribution in [3.63, 3.8) is 0 Å². The summed E-state index contributed by atoms with van der Waals surface area (Å²) in [5, 5.41) is 3.30. The molecule has 2 unspecified atom stereocenters. The molecule has 0 spiro atoms. The maximum absolute atomic E-state index is 5.51. The Morgan fingerprint density at radius 2 is 2.44 bits per heavy atom. The van der Waals surface area contributed by atoms with E-state index in [4.69, 9.17) is 4.42 Å². The lowest BCUT2D eigenvalue weighted by molar-refractivity contribution is 0.0915. The first-order chi connectivity index (χ1) is 7.83. The van der Waals surface area contributed by atoms with Crippen molar-refractivity contribution >= 4 is 0 Å². The highest BCUT2D eigenvalue weighted by Crippen LogP contribution is 2.28. The van der Waals surface area contributed by atoms with Gasteiger partial charge in [0, 0.05) is 12.6 Å². The van der Waals surface area contributed by atoms with Gasteiger partial charge in [0.15, 0.2) is 0 Å². The standard InChI is InChI=1S/C13H22N2O/c1-11(13-7-5-9-16-13)15-8-4-3-6-12(15)10-14-2/h5,7,9,11-12,14H,3-4,6,8,10H2,1-2H3. The van der Waals surface area contributed by atoms with E-state index >= 15 is 0 Å². The van der Waals surface area contributed by atoms with Crippen LogP contribution in [-0.4, -0.2) is 31.1 Å². The van der Waals surface area contributed by atoms with Crippen molar-refractivity contribution in [1.29, 1.82) is 0 Å². The first-order valence-electron chi connectivity index (χ1n) is 6.26. The fourth-order valence-corrected chi connectivity index (χ4v) is 2.68. The number of nitrogens with one attached hydrogen (secondary N) is 1. The van der Waals surface area contributed by atoms with Crippen molar-refractivity contribution in [2.75, 3.05) is 20.1 Å². The van der Waals surface area contributed by atoms with Gasteiger partial charge in [0.25, 0.3) is 0 Å². The quantitative estimate of drug-likeness (QED) is 0.848. The Kier molecular flexibility index (Phi) is 4.02. The summed E-state index contributed by atoms with van der Waals surface area (Å²) >= 11 is 0. The number of likely N-dealkylation sites (N-methyl/N-ethyl adjacent to an activating group) is 1. The Labute approximate surface area is 97.8 Å². The van der Waals surface area contributed by atoms with Crippen LogP contribution in [0.2, 0.25) is 0 Å². The third-order valence-electron chi connectivity index (χ3n) is 3.56. The van der Waals surface area contributed by atoms with E-state index in [2.05, 4.69) is 23.2 Å². The molecule has 0 aliphatic carbocycles. The van der Waals surface area contributed by atoms with E-state index in [0.717, 1.165) is 12.3 Å². The highest BCUT2D eigenvalue weighted by atomic mass is 16.3. The van der Waals surface area contributed by atoms with Gasteiger partial charge in [-0.25, -0.2) is 0 Å². The summed E-state index contributed by atoms with van der Waals surface area (Å²) in [4.78, 5) is 2.57. The van der Waals surface area contributed by atoms with Gasteiger partial charge in [-0.2, -0.15) is 0 Å². The van der Waals surface area contributed by atoms with Crippen LogP contribution in [0.15, 0.2) is 22.8 Å². The summed E-state index contributed by atoms with van der Waals surface area (Å²) in [5.41, 5.74) is 0. The zero-order chi connectivity index (χ0) is 11.4. The maximum atomic E-state index is 5.51. The van der Waals surface area contributed by atoms with Crippen LogP contribution in [0.3, 0.4) is 0 Å². The minimum Gasteiger partial charge on any atom is -0.468 e. The minimum atomic E-state index is 0.397. The van der Waals surface area contributed by atoms with Crippen LogP contribution in [0, 0.1) is 0 Å². The van der Waals surface area contributed by atoms with Crippen molar-refractivity contribution in [3.8, 4) is 0 Å². The molecule has 1 aromatic rings. The normalized spacial score (nSPS) is 24.5. The highest BCUT2D eigenvalue weighted by Gasteiger charge is 2.27. The van der Waals surface area contributed by atoms with E-state index in [1.807, 2.05) is 13.1 Å². The topological polar surface area (TPSA) is 28.4 Å². The van der Waals surface area contributed by atoms with Gasteiger partial charge in [0.1, 0.15) is 5.76 Å². The van der Waals surface area contributed by atoms with Crippen LogP contribution in [0.25, 0.3) is 0 Å². The lowest BCUT2D eigenvalue weighted by Crippen LogP contribution is -2.45. The Morgan fingerprint density at radius 3 is 3.12 bits per heavy atom. The van der Waals surface area contributed by atoms with Gasteiger partial charge in [-0.15, -0.1) is 0 Å². The summed E-state index contributed by atoms with van der Waals surface area (Å²) in [6.07, 6.45) is 5.73. The Hall–Kier alpha value is -0.800. The van der Waals surface area contributed by atoms with Gasteiger partial charge in [0.2, 0.25) is 0 Å². The smallest absolute Gasteiger partial charge is 0.120 e. The van der Waals surface area contributed by atoms with Crippen molar-refractivity contribution in [1.82, 2.24) is 10.2 Å². The van der Waals surface area contributed by atoms with E-state index < -0.39 is 0 Å². The predicted octanol–water partition coefficient (Wildman–Crippen LogP) is 2.41. The molecule has 1 N–H and O–H groups in total. The number of nitrogens with zero attached hydrogens (tertiary/aromatic N) is 1. The zero-order valence-corrected chi connectivity index (χ0v) is 10.3. The third kappa shape index (κ3) is 2.47. The van der Waals surface area contributed by atoms with Crippen LogP contribution < -0.4 is 5.32 Å². The Balaban J connectivity index is 2.04. The minimum absolute atomic E-state index is 0.397. The van der Waals surface area contributed by atoms with E-state index in [-0.39, 0.29) is 0 Å². The third-order valence-corrected chi connectivity index (χ3v) is 3.56. The Bertz CT molecular complexity index is 295. The maximum Gasteiger partial charge on any atom is 0.120 e. The number of hydrogen-bond donors (Lipinski definition) is 1. The summed E-state index contributed by atoms with van der Waals surface area (Å²) in [7, 11) is 2.03. The van der Waals surface area contributed by atoms with Gasteiger partial charge in [0.05, 0.1) is 12.3 Å². The lowest BCUT2D eigenvalue weighted by atomic mass is 9.99. The average molecular weight is 222 g/mol. The van der Waals surface area contributed by atoms with Crippen LogP contribution in [0.4, 0.5) is 0 Å². The monoisotopic (exact) mass is 222 g/mol. The van der Waals surface area contributed by atoms with Crippen molar-refractivity contribution in [2.45, 2.75) is 38.3 Å². The molecule has 0 amide bonds. The van der Waals surface area contributed by atoms with Crippen LogP contribution in [0.1, 0.15) is 38.0 Å². The number of furan rings is 1. The molecular weight excluding hydrogens is 200 g/mol. The largest absolute Gasteiger partial charge is 0.468 e. The van der Waals surface area contributed by atoms with Crippen LogP contribution >= 0.6 is 0 Å². The SMILES string of the molecule is CNCC1CCCCN1C(C)c1ccco1. The molecule has 0 radical (unpaired) electrons. The molecule has 0 bridgehead atoms. The van der Waals surface area contributed by atoms with E-state index in [1.54, 1.807) is 6.26 Å². The average Bonchev–Trinajstić information content (AvgIpc) is 2.83. The Morgan fingerprint density at radius 1 is 1.56 bits per heavy atom. The summed E-state index contributed by atoms with van der Waals surface area (Å²) in [6, 6.07) is 5.10. The molecule has 1 fully saturated rings. The van der Waals surface area contributed by atoms with Crippen LogP contribution in [-0.2, 0) is 0 Å². The molecule has 1 aliphatic rings. The highest BCUT2D eigenvalue weighted by molar-refractivity contribution is 5.04. The lowest BCUT2D eigenvalue weighted by Gasteiger charge is -2.39. The summed E-state index contributed by atoms with van der Waals surface area (Å²) in [5.74, 6) is 1.09. The summed E-state index contributed by atoms with van der Waals surface area (Å²) in [6.45, 7) is 4.51. The second kappa shape index (κ2) is 5.51. The number of hydrogen-bond acceptors (Lipinski definition) is 3. The fourth-order valence-electron chi connectivity index (χ4n) is 2.68. The molecule has 2 heterocycles. The number of piperidine rings is 1. The number of likely N-dealkylation sites (tertiary alicyclic amines) is 1. The van der Waals surface area contributed by atoms with Gasteiger partial charge in [-0.05, 0) is 45.5 Å². The van der Waals surface area contributed by atoms with Gasteiger partial charge < -0.3 is 9.73 Å². The molecular formula is C13H22N2O. The molecule has 1 aliphatic heterocycles. The van der Waals surface area contributed by atoms with Gasteiger partial charge in [-0.3, -0.25) is 4.90 Å². The predicted molar refractivity (Wildman–Crippen MR) is 65.4 cm³/mol. The molecule has 2 atom stereocenters. The molecule has 0 aromatic carbocycles. The van der Waals surface area contributed by atoms with Gasteiger partial charge in [-0.1, -0.05) is 6.42 Å². The molecule has 0 saturated carbocycles. The van der Waals surface area contributed by atoms with Gasteiger partial charge >= 0.3 is 0 Å². The molecule has 3 heteroatoms. The first-order valence-corrected chi connectivity index (χ1v) is 6.26. The van der Waals surface area contributed by atoms with Crippen molar-refractivity contribution in [2.24, 2.45) is 0 Å². The molecule has 3 nitrogen and oxygen atoms in total. The van der Waals surface area contributed by atoms with Crippen molar-refractivity contribution in [3.05, 3.63) is 24.2 Å². The second-order valence-electron chi connectivity index (χ2n) is 4.64. The van der Waals surface area contributed by atoms with Crippen molar-refractivity contribution < 1.29 is 4.42 Å². The molecule has 1 aromatic heterocycles. The zero-order valence-electron chi connectivity index (χ0n) is 10.3. The molecule has 2 rings (SSSR count). The first kappa shape index (κ1) is 11.7. The van der Waals surface area contributed by atoms with E-state index in [9.17, 15) is 0 Å². The fraction of sp³-hybridized carbons (Fsp3) is 0.692.